The first-order chi connectivity index (χ1) is 12.0. The summed E-state index contributed by atoms with van der Waals surface area (Å²) in [6.07, 6.45) is -3.64. The molecule has 0 saturated heterocycles. The predicted octanol–water partition coefficient (Wildman–Crippen LogP) is 3.37. The van der Waals surface area contributed by atoms with Crippen molar-refractivity contribution < 1.29 is 26.7 Å². The van der Waals surface area contributed by atoms with E-state index in [0.717, 1.165) is 17.7 Å². The molecule has 0 amide bonds. The van der Waals surface area contributed by atoms with Crippen molar-refractivity contribution in [3.63, 3.8) is 0 Å². The normalized spacial score (nSPS) is 14.8. The largest absolute Gasteiger partial charge is 0.416 e. The molecule has 0 saturated carbocycles. The van der Waals surface area contributed by atoms with E-state index in [-0.39, 0.29) is 11.4 Å². The number of hydrogen-bond acceptors (Lipinski definition) is 3. The topological polar surface area (TPSA) is 66.4 Å². The lowest BCUT2D eigenvalue weighted by Crippen LogP contribution is -2.40. The lowest BCUT2D eigenvalue weighted by molar-refractivity contribution is -0.137. The van der Waals surface area contributed by atoms with Crippen LogP contribution < -0.4 is 4.72 Å². The van der Waals surface area contributed by atoms with Crippen molar-refractivity contribution in [2.45, 2.75) is 36.4 Å². The molecule has 2 aromatic carbocycles. The summed E-state index contributed by atoms with van der Waals surface area (Å²) in [6.45, 7) is 1.26. The first-order valence-electron chi connectivity index (χ1n) is 7.93. The Morgan fingerprint density at radius 1 is 1.00 bits per heavy atom. The number of nitrogens with one attached hydrogen (secondary N) is 1. The molecule has 2 aromatic rings. The highest BCUT2D eigenvalue weighted by atomic mass is 32.2. The summed E-state index contributed by atoms with van der Waals surface area (Å²) in [7, 11) is -4.02. The number of halogens is 3. The molecule has 1 atom stereocenters. The Balaban J connectivity index is 1.98. The van der Waals surface area contributed by atoms with Gasteiger partial charge in [0.05, 0.1) is 16.1 Å². The maximum atomic E-state index is 12.5. The lowest BCUT2D eigenvalue weighted by atomic mass is 9.97. The van der Waals surface area contributed by atoms with E-state index < -0.39 is 27.4 Å². The summed E-state index contributed by atoms with van der Waals surface area (Å²) in [4.78, 5) is -0.288. The van der Waals surface area contributed by atoms with Gasteiger partial charge in [0, 0.05) is 6.54 Å². The Labute approximate surface area is 150 Å². The summed E-state index contributed by atoms with van der Waals surface area (Å²) in [5, 5.41) is 10.4. The summed E-state index contributed by atoms with van der Waals surface area (Å²) in [5.41, 5.74) is -1.21. The Bertz CT molecular complexity index is 817. The molecule has 0 bridgehead atoms. The van der Waals surface area contributed by atoms with Crippen molar-refractivity contribution in [1.29, 1.82) is 0 Å². The summed E-state index contributed by atoms with van der Waals surface area (Å²) in [6, 6.07) is 12.6. The number of aliphatic hydroxyl groups is 1. The van der Waals surface area contributed by atoms with E-state index in [0.29, 0.717) is 25.0 Å². The maximum absolute atomic E-state index is 12.5. The fourth-order valence-electron chi connectivity index (χ4n) is 2.30. The van der Waals surface area contributed by atoms with Crippen LogP contribution in [-0.4, -0.2) is 25.7 Å². The Morgan fingerprint density at radius 3 is 2.12 bits per heavy atom. The molecule has 0 aromatic heterocycles. The molecule has 142 valence electrons. The Kier molecular flexibility index (Phi) is 6.10. The molecule has 0 radical (unpaired) electrons. The van der Waals surface area contributed by atoms with E-state index in [1.807, 2.05) is 30.3 Å². The van der Waals surface area contributed by atoms with Gasteiger partial charge in [-0.3, -0.25) is 0 Å². The molecule has 26 heavy (non-hydrogen) atoms. The molecule has 0 unspecified atom stereocenters. The average molecular weight is 387 g/mol. The van der Waals surface area contributed by atoms with Crippen molar-refractivity contribution in [2.24, 2.45) is 0 Å². The van der Waals surface area contributed by atoms with Gasteiger partial charge in [-0.2, -0.15) is 13.2 Å². The number of hydrogen-bond donors (Lipinski definition) is 2. The number of aryl methyl sites for hydroxylation is 1. The first-order valence-corrected chi connectivity index (χ1v) is 9.41. The van der Waals surface area contributed by atoms with E-state index in [4.69, 9.17) is 0 Å². The summed E-state index contributed by atoms with van der Waals surface area (Å²) < 4.78 is 64.3. The first kappa shape index (κ1) is 20.4. The van der Waals surface area contributed by atoms with Gasteiger partial charge in [0.2, 0.25) is 10.0 Å². The second kappa shape index (κ2) is 7.77. The third kappa shape index (κ3) is 5.82. The van der Waals surface area contributed by atoms with Gasteiger partial charge in [-0.1, -0.05) is 30.3 Å². The van der Waals surface area contributed by atoms with Crippen LogP contribution in [0, 0.1) is 0 Å². The van der Waals surface area contributed by atoms with E-state index in [1.54, 1.807) is 0 Å². The fraction of sp³-hybridized carbons (Fsp3) is 0.333. The molecular weight excluding hydrogens is 367 g/mol. The minimum atomic E-state index is -4.53. The van der Waals surface area contributed by atoms with Crippen LogP contribution in [0.1, 0.15) is 24.5 Å². The molecule has 0 fully saturated rings. The van der Waals surface area contributed by atoms with Crippen molar-refractivity contribution in [3.8, 4) is 0 Å². The smallest absolute Gasteiger partial charge is 0.389 e. The maximum Gasteiger partial charge on any atom is 0.416 e. The van der Waals surface area contributed by atoms with Gasteiger partial charge in [-0.15, -0.1) is 0 Å². The van der Waals surface area contributed by atoms with Crippen molar-refractivity contribution in [2.75, 3.05) is 6.54 Å². The summed E-state index contributed by atoms with van der Waals surface area (Å²) in [5.74, 6) is 0. The van der Waals surface area contributed by atoms with Crippen LogP contribution in [0.2, 0.25) is 0 Å². The van der Waals surface area contributed by atoms with Crippen LogP contribution >= 0.6 is 0 Å². The molecule has 0 heterocycles. The molecule has 2 N–H and O–H groups in total. The molecule has 4 nitrogen and oxygen atoms in total. The van der Waals surface area contributed by atoms with E-state index >= 15 is 0 Å². The van der Waals surface area contributed by atoms with Gasteiger partial charge >= 0.3 is 6.18 Å². The minimum Gasteiger partial charge on any atom is -0.389 e. The van der Waals surface area contributed by atoms with Gasteiger partial charge in [0.15, 0.2) is 0 Å². The average Bonchev–Trinajstić information content (AvgIpc) is 2.59. The lowest BCUT2D eigenvalue weighted by Gasteiger charge is -2.23. The van der Waals surface area contributed by atoms with Crippen molar-refractivity contribution in [1.82, 2.24) is 4.72 Å². The third-order valence-corrected chi connectivity index (χ3v) is 5.35. The standard InChI is InChI=1S/C18H20F3NO3S/c1-17(23,12-11-14-5-3-2-4-6-14)13-22-26(24,25)16-9-7-15(8-10-16)18(19,20)21/h2-10,22-23H,11-13H2,1H3/t17-/m1/s1. The highest BCUT2D eigenvalue weighted by molar-refractivity contribution is 7.89. The number of benzene rings is 2. The van der Waals surface area contributed by atoms with E-state index in [1.165, 1.54) is 6.92 Å². The molecule has 2 rings (SSSR count). The fourth-order valence-corrected chi connectivity index (χ4v) is 3.47. The quantitative estimate of drug-likeness (QED) is 0.766. The predicted molar refractivity (Wildman–Crippen MR) is 92.0 cm³/mol. The van der Waals surface area contributed by atoms with Gasteiger partial charge in [-0.25, -0.2) is 13.1 Å². The number of rotatable bonds is 7. The highest BCUT2D eigenvalue weighted by Crippen LogP contribution is 2.29. The second-order valence-corrected chi connectivity index (χ2v) is 8.10. The molecule has 0 aliphatic heterocycles. The second-order valence-electron chi connectivity index (χ2n) is 6.33. The SMILES string of the molecule is C[C@@](O)(CCc1ccccc1)CNS(=O)(=O)c1ccc(C(F)(F)F)cc1. The Hall–Kier alpha value is -1.90. The molecule has 8 heteroatoms. The monoisotopic (exact) mass is 387 g/mol. The van der Waals surface area contributed by atoms with Gasteiger partial charge < -0.3 is 5.11 Å². The van der Waals surface area contributed by atoms with E-state index in [9.17, 15) is 26.7 Å². The van der Waals surface area contributed by atoms with Crippen LogP contribution in [0.5, 0.6) is 0 Å². The van der Waals surface area contributed by atoms with Gasteiger partial charge in [-0.05, 0) is 49.6 Å². The number of sulfonamides is 1. The van der Waals surface area contributed by atoms with Crippen LogP contribution in [0.4, 0.5) is 13.2 Å². The van der Waals surface area contributed by atoms with Crippen LogP contribution in [-0.2, 0) is 22.6 Å². The molecular formula is C18H20F3NO3S. The Morgan fingerprint density at radius 2 is 1.58 bits per heavy atom. The van der Waals surface area contributed by atoms with Crippen LogP contribution in [0.15, 0.2) is 59.5 Å². The zero-order chi connectivity index (χ0) is 19.4. The zero-order valence-electron chi connectivity index (χ0n) is 14.1. The molecule has 0 aliphatic rings. The third-order valence-electron chi connectivity index (χ3n) is 3.93. The molecule has 0 spiro atoms. The van der Waals surface area contributed by atoms with Crippen molar-refractivity contribution in [3.05, 3.63) is 65.7 Å². The van der Waals surface area contributed by atoms with Crippen LogP contribution in [0.25, 0.3) is 0 Å². The minimum absolute atomic E-state index is 0.247. The number of alkyl halides is 3. The van der Waals surface area contributed by atoms with Crippen molar-refractivity contribution >= 4 is 10.0 Å². The van der Waals surface area contributed by atoms with E-state index in [2.05, 4.69) is 4.72 Å². The molecule has 0 aliphatic carbocycles. The van der Waals surface area contributed by atoms with Crippen LogP contribution in [0.3, 0.4) is 0 Å². The highest BCUT2D eigenvalue weighted by Gasteiger charge is 2.31. The zero-order valence-corrected chi connectivity index (χ0v) is 14.9. The van der Waals surface area contributed by atoms with Gasteiger partial charge in [0.1, 0.15) is 0 Å². The summed E-state index contributed by atoms with van der Waals surface area (Å²) >= 11 is 0. The van der Waals surface area contributed by atoms with Gasteiger partial charge in [0.25, 0.3) is 0 Å².